The van der Waals surface area contributed by atoms with E-state index in [0.29, 0.717) is 13.2 Å². The second kappa shape index (κ2) is 6.18. The largest absolute Gasteiger partial charge is 0.383 e. The fourth-order valence-electron chi connectivity index (χ4n) is 1.39. The van der Waals surface area contributed by atoms with Gasteiger partial charge in [-0.25, -0.2) is 0 Å². The Bertz CT molecular complexity index is 166. The van der Waals surface area contributed by atoms with Crippen LogP contribution in [0.3, 0.4) is 0 Å². The van der Waals surface area contributed by atoms with Crippen molar-refractivity contribution in [2.75, 3.05) is 26.8 Å². The van der Waals surface area contributed by atoms with E-state index in [4.69, 9.17) is 10.5 Å². The highest BCUT2D eigenvalue weighted by Gasteiger charge is 2.24. The first-order valence-electron chi connectivity index (χ1n) is 4.29. The number of carbonyl (C=O) groups excluding carboxylic acids is 1. The molecule has 0 spiro atoms. The molecule has 1 fully saturated rings. The number of nitrogens with zero attached hydrogens (tertiary/aromatic N) is 1. The Hall–Kier alpha value is -0.320. The molecule has 5 heteroatoms. The summed E-state index contributed by atoms with van der Waals surface area (Å²) in [4.78, 5) is 13.2. The first kappa shape index (κ1) is 12.7. The van der Waals surface area contributed by atoms with Gasteiger partial charge in [-0.3, -0.25) is 4.79 Å². The lowest BCUT2D eigenvalue weighted by Crippen LogP contribution is -2.49. The molecular weight excluding hydrogens is 192 g/mol. The van der Waals surface area contributed by atoms with Gasteiger partial charge >= 0.3 is 0 Å². The van der Waals surface area contributed by atoms with Crippen molar-refractivity contribution >= 4 is 18.3 Å². The fourth-order valence-corrected chi connectivity index (χ4v) is 1.39. The summed E-state index contributed by atoms with van der Waals surface area (Å²) in [6.45, 7) is 2.09. The highest BCUT2D eigenvalue weighted by molar-refractivity contribution is 5.85. The van der Waals surface area contributed by atoms with Crippen molar-refractivity contribution in [2.24, 2.45) is 5.73 Å². The lowest BCUT2D eigenvalue weighted by molar-refractivity contribution is -0.135. The summed E-state index contributed by atoms with van der Waals surface area (Å²) in [5.41, 5.74) is 5.61. The normalized spacial score (nSPS) is 22.8. The number of hydrogen-bond donors (Lipinski definition) is 1. The topological polar surface area (TPSA) is 55.6 Å². The quantitative estimate of drug-likeness (QED) is 0.711. The maximum atomic E-state index is 11.4. The van der Waals surface area contributed by atoms with Crippen LogP contribution >= 0.6 is 12.4 Å². The van der Waals surface area contributed by atoms with E-state index in [1.807, 2.05) is 0 Å². The van der Waals surface area contributed by atoms with Crippen LogP contribution in [0.2, 0.25) is 0 Å². The minimum atomic E-state index is -0.282. The molecule has 1 rings (SSSR count). The number of likely N-dealkylation sites (tertiary alicyclic amines) is 1. The van der Waals surface area contributed by atoms with Crippen molar-refractivity contribution in [3.63, 3.8) is 0 Å². The van der Waals surface area contributed by atoms with Crippen LogP contribution in [-0.2, 0) is 9.53 Å². The van der Waals surface area contributed by atoms with Crippen molar-refractivity contribution in [2.45, 2.75) is 18.9 Å². The van der Waals surface area contributed by atoms with Gasteiger partial charge in [-0.05, 0) is 12.8 Å². The summed E-state index contributed by atoms with van der Waals surface area (Å²) in [5.74, 6) is 0.0679. The molecule has 0 aromatic rings. The Morgan fingerprint density at radius 1 is 1.69 bits per heavy atom. The van der Waals surface area contributed by atoms with Gasteiger partial charge in [0.15, 0.2) is 0 Å². The van der Waals surface area contributed by atoms with Crippen LogP contribution in [0.25, 0.3) is 0 Å². The standard InChI is InChI=1S/C8H16N2O2.ClH/c1-12-6-5-10-4-2-3-7(9)8(10)11;/h7H,2-6,9H2,1H3;1H. The van der Waals surface area contributed by atoms with E-state index in [-0.39, 0.29) is 24.4 Å². The maximum Gasteiger partial charge on any atom is 0.239 e. The van der Waals surface area contributed by atoms with Crippen molar-refractivity contribution in [1.82, 2.24) is 4.90 Å². The minimum absolute atomic E-state index is 0. The van der Waals surface area contributed by atoms with Crippen molar-refractivity contribution < 1.29 is 9.53 Å². The monoisotopic (exact) mass is 208 g/mol. The van der Waals surface area contributed by atoms with E-state index in [1.54, 1.807) is 12.0 Å². The first-order chi connectivity index (χ1) is 5.75. The molecule has 2 N–H and O–H groups in total. The summed E-state index contributed by atoms with van der Waals surface area (Å²) < 4.78 is 4.89. The Morgan fingerprint density at radius 2 is 2.38 bits per heavy atom. The average Bonchev–Trinajstić information content (AvgIpc) is 2.08. The molecule has 0 saturated carbocycles. The number of nitrogens with two attached hydrogens (primary N) is 1. The molecule has 0 bridgehead atoms. The number of methoxy groups -OCH3 is 1. The Labute approximate surface area is 84.8 Å². The number of carbonyl (C=O) groups is 1. The molecular formula is C8H17ClN2O2. The molecule has 1 heterocycles. The summed E-state index contributed by atoms with van der Waals surface area (Å²) in [5, 5.41) is 0. The van der Waals surface area contributed by atoms with E-state index in [1.165, 1.54) is 0 Å². The van der Waals surface area contributed by atoms with Crippen LogP contribution < -0.4 is 5.73 Å². The van der Waals surface area contributed by atoms with Gasteiger partial charge < -0.3 is 15.4 Å². The molecule has 0 aliphatic carbocycles. The summed E-state index contributed by atoms with van der Waals surface area (Å²) >= 11 is 0. The number of ether oxygens (including phenoxy) is 1. The van der Waals surface area contributed by atoms with Gasteiger partial charge in [-0.15, -0.1) is 12.4 Å². The van der Waals surface area contributed by atoms with E-state index in [0.717, 1.165) is 19.4 Å². The molecule has 78 valence electrons. The average molecular weight is 209 g/mol. The van der Waals surface area contributed by atoms with Gasteiger partial charge in [0.1, 0.15) is 0 Å². The van der Waals surface area contributed by atoms with Crippen LogP contribution in [0.4, 0.5) is 0 Å². The Kier molecular flexibility index (Phi) is 6.03. The molecule has 1 aliphatic heterocycles. The third-order valence-corrected chi connectivity index (χ3v) is 2.14. The van der Waals surface area contributed by atoms with Gasteiger partial charge in [0.25, 0.3) is 0 Å². The van der Waals surface area contributed by atoms with Crippen molar-refractivity contribution in [3.05, 3.63) is 0 Å². The van der Waals surface area contributed by atoms with Gasteiger partial charge in [0, 0.05) is 20.2 Å². The number of amides is 1. The predicted molar refractivity (Wildman–Crippen MR) is 52.9 cm³/mol. The molecule has 1 atom stereocenters. The van der Waals surface area contributed by atoms with Crippen molar-refractivity contribution in [1.29, 1.82) is 0 Å². The molecule has 0 aromatic heterocycles. The SMILES string of the molecule is COCCN1CCCC(N)C1=O.Cl. The minimum Gasteiger partial charge on any atom is -0.383 e. The summed E-state index contributed by atoms with van der Waals surface area (Å²) in [7, 11) is 1.63. The van der Waals surface area contributed by atoms with E-state index in [2.05, 4.69) is 0 Å². The van der Waals surface area contributed by atoms with Crippen LogP contribution in [0.1, 0.15) is 12.8 Å². The van der Waals surface area contributed by atoms with Gasteiger partial charge in [-0.1, -0.05) is 0 Å². The lowest BCUT2D eigenvalue weighted by atomic mass is 10.1. The molecule has 1 aliphatic rings. The smallest absolute Gasteiger partial charge is 0.239 e. The van der Waals surface area contributed by atoms with Crippen LogP contribution in [0.15, 0.2) is 0 Å². The van der Waals surface area contributed by atoms with Gasteiger partial charge in [0.2, 0.25) is 5.91 Å². The van der Waals surface area contributed by atoms with E-state index >= 15 is 0 Å². The maximum absolute atomic E-state index is 11.4. The zero-order valence-electron chi connectivity index (χ0n) is 7.86. The van der Waals surface area contributed by atoms with Gasteiger partial charge in [0.05, 0.1) is 12.6 Å². The highest BCUT2D eigenvalue weighted by Crippen LogP contribution is 2.08. The van der Waals surface area contributed by atoms with E-state index in [9.17, 15) is 4.79 Å². The zero-order chi connectivity index (χ0) is 8.97. The number of halogens is 1. The Morgan fingerprint density at radius 3 is 3.00 bits per heavy atom. The fraction of sp³-hybridized carbons (Fsp3) is 0.875. The molecule has 4 nitrogen and oxygen atoms in total. The summed E-state index contributed by atoms with van der Waals surface area (Å²) in [6.07, 6.45) is 1.83. The number of hydrogen-bond acceptors (Lipinski definition) is 3. The molecule has 13 heavy (non-hydrogen) atoms. The van der Waals surface area contributed by atoms with Gasteiger partial charge in [-0.2, -0.15) is 0 Å². The number of rotatable bonds is 3. The molecule has 0 radical (unpaired) electrons. The number of piperidine rings is 1. The third kappa shape index (κ3) is 3.50. The van der Waals surface area contributed by atoms with E-state index < -0.39 is 0 Å². The highest BCUT2D eigenvalue weighted by atomic mass is 35.5. The van der Waals surface area contributed by atoms with Crippen LogP contribution in [0, 0.1) is 0 Å². The van der Waals surface area contributed by atoms with Crippen molar-refractivity contribution in [3.8, 4) is 0 Å². The molecule has 0 aromatic carbocycles. The zero-order valence-corrected chi connectivity index (χ0v) is 8.68. The Balaban J connectivity index is 0.00000144. The first-order valence-corrected chi connectivity index (χ1v) is 4.29. The summed E-state index contributed by atoms with van der Waals surface area (Å²) in [6, 6.07) is -0.282. The lowest BCUT2D eigenvalue weighted by Gasteiger charge is -2.30. The van der Waals surface area contributed by atoms with Crippen LogP contribution in [0.5, 0.6) is 0 Å². The molecule has 1 amide bonds. The second-order valence-electron chi connectivity index (χ2n) is 3.07. The molecule has 1 unspecified atom stereocenters. The van der Waals surface area contributed by atoms with Crippen LogP contribution in [-0.4, -0.2) is 43.7 Å². The third-order valence-electron chi connectivity index (χ3n) is 2.14. The predicted octanol–water partition coefficient (Wildman–Crippen LogP) is 0.00430. The molecule has 1 saturated heterocycles. The second-order valence-corrected chi connectivity index (χ2v) is 3.07.